The highest BCUT2D eigenvalue weighted by atomic mass is 32.1. The molecule has 0 unspecified atom stereocenters. The number of nitrogen functional groups attached to an aromatic ring is 1. The number of thiazole rings is 1. The molecule has 4 heteroatoms. The highest BCUT2D eigenvalue weighted by Gasteiger charge is 2.15. The van der Waals surface area contributed by atoms with Gasteiger partial charge in [0.1, 0.15) is 0 Å². The average molecular weight is 273 g/mol. The molecule has 1 aromatic carbocycles. The lowest BCUT2D eigenvalue weighted by atomic mass is 10.1. The number of rotatable bonds is 3. The van der Waals surface area contributed by atoms with E-state index in [2.05, 4.69) is 28.1 Å². The molecule has 19 heavy (non-hydrogen) atoms. The van der Waals surface area contributed by atoms with E-state index < -0.39 is 0 Å². The van der Waals surface area contributed by atoms with E-state index in [1.807, 2.05) is 24.5 Å². The lowest BCUT2D eigenvalue weighted by Crippen LogP contribution is -2.16. The maximum absolute atomic E-state index is 5.96. The molecule has 1 aliphatic rings. The maximum atomic E-state index is 5.96. The summed E-state index contributed by atoms with van der Waals surface area (Å²) in [7, 11) is 0. The number of nitrogens with two attached hydrogens (primary N) is 1. The maximum Gasteiger partial charge on any atom is 0.185 e. The Labute approximate surface area is 118 Å². The zero-order valence-electron chi connectivity index (χ0n) is 11.2. The van der Waals surface area contributed by atoms with Crippen LogP contribution in [0.15, 0.2) is 24.4 Å². The van der Waals surface area contributed by atoms with Crippen LogP contribution < -0.4 is 10.6 Å². The van der Waals surface area contributed by atoms with Crippen LogP contribution in [0.5, 0.6) is 0 Å². The first-order valence-electron chi connectivity index (χ1n) is 6.77. The van der Waals surface area contributed by atoms with E-state index in [4.69, 9.17) is 5.73 Å². The van der Waals surface area contributed by atoms with Crippen molar-refractivity contribution in [3.05, 3.63) is 40.4 Å². The molecule has 1 aliphatic heterocycles. The summed E-state index contributed by atoms with van der Waals surface area (Å²) in [6.07, 6.45) is 5.52. The van der Waals surface area contributed by atoms with E-state index in [0.717, 1.165) is 30.8 Å². The fourth-order valence-corrected chi connectivity index (χ4v) is 3.43. The van der Waals surface area contributed by atoms with E-state index in [-0.39, 0.29) is 0 Å². The van der Waals surface area contributed by atoms with Crippen molar-refractivity contribution in [1.82, 2.24) is 4.98 Å². The molecule has 0 saturated carbocycles. The summed E-state index contributed by atoms with van der Waals surface area (Å²) < 4.78 is 0. The summed E-state index contributed by atoms with van der Waals surface area (Å²) in [5.41, 5.74) is 9.24. The molecule has 1 aromatic heterocycles. The Morgan fingerprint density at radius 1 is 1.32 bits per heavy atom. The molecular formula is C15H19N3S. The Balaban J connectivity index is 1.74. The molecule has 2 heterocycles. The molecule has 2 N–H and O–H groups in total. The average Bonchev–Trinajstić information content (AvgIpc) is 3.04. The summed E-state index contributed by atoms with van der Waals surface area (Å²) >= 11 is 1.81. The van der Waals surface area contributed by atoms with Gasteiger partial charge in [-0.15, -0.1) is 11.3 Å². The molecule has 0 bridgehead atoms. The van der Waals surface area contributed by atoms with E-state index >= 15 is 0 Å². The van der Waals surface area contributed by atoms with Gasteiger partial charge in [-0.05, 0) is 37.0 Å². The fraction of sp³-hybridized carbons (Fsp3) is 0.400. The van der Waals surface area contributed by atoms with Crippen LogP contribution in [0.1, 0.15) is 28.8 Å². The minimum atomic E-state index is 0.877. The van der Waals surface area contributed by atoms with Crippen molar-refractivity contribution < 1.29 is 0 Å². The Hall–Kier alpha value is -1.55. The normalized spacial score (nSPS) is 15.1. The van der Waals surface area contributed by atoms with Gasteiger partial charge in [0.2, 0.25) is 0 Å². The molecule has 1 saturated heterocycles. The van der Waals surface area contributed by atoms with Gasteiger partial charge in [0.05, 0.1) is 0 Å². The van der Waals surface area contributed by atoms with Gasteiger partial charge in [0.25, 0.3) is 0 Å². The third kappa shape index (κ3) is 2.73. The van der Waals surface area contributed by atoms with Crippen LogP contribution in [0, 0.1) is 6.92 Å². The summed E-state index contributed by atoms with van der Waals surface area (Å²) in [4.78, 5) is 8.24. The van der Waals surface area contributed by atoms with E-state index in [1.165, 1.54) is 28.4 Å². The molecule has 1 fully saturated rings. The van der Waals surface area contributed by atoms with Crippen LogP contribution in [0.3, 0.4) is 0 Å². The third-order valence-corrected chi connectivity index (χ3v) is 4.70. The van der Waals surface area contributed by atoms with Gasteiger partial charge in [0, 0.05) is 36.3 Å². The first-order valence-corrected chi connectivity index (χ1v) is 7.59. The summed E-state index contributed by atoms with van der Waals surface area (Å²) in [5, 5.41) is 1.17. The van der Waals surface area contributed by atoms with Crippen LogP contribution in [-0.4, -0.2) is 18.1 Å². The first kappa shape index (κ1) is 12.5. The fourth-order valence-electron chi connectivity index (χ4n) is 2.43. The van der Waals surface area contributed by atoms with Crippen LogP contribution in [-0.2, 0) is 6.42 Å². The van der Waals surface area contributed by atoms with Gasteiger partial charge in [-0.3, -0.25) is 0 Å². The van der Waals surface area contributed by atoms with Crippen LogP contribution in [0.4, 0.5) is 10.8 Å². The number of benzene rings is 1. The second kappa shape index (κ2) is 5.21. The number of hydrogen-bond donors (Lipinski definition) is 1. The lowest BCUT2D eigenvalue weighted by Gasteiger charge is -2.12. The number of hydrogen-bond acceptors (Lipinski definition) is 4. The van der Waals surface area contributed by atoms with Crippen LogP contribution >= 0.6 is 11.3 Å². The molecule has 2 aromatic rings. The number of anilines is 2. The molecule has 3 rings (SSSR count). The molecule has 0 atom stereocenters. The summed E-state index contributed by atoms with van der Waals surface area (Å²) in [6.45, 7) is 4.35. The molecule has 3 nitrogen and oxygen atoms in total. The van der Waals surface area contributed by atoms with Crippen molar-refractivity contribution in [3.63, 3.8) is 0 Å². The van der Waals surface area contributed by atoms with Gasteiger partial charge in [-0.1, -0.05) is 12.1 Å². The van der Waals surface area contributed by atoms with E-state index in [1.54, 1.807) is 0 Å². The Morgan fingerprint density at radius 3 is 2.84 bits per heavy atom. The van der Waals surface area contributed by atoms with Crippen LogP contribution in [0.25, 0.3) is 0 Å². The second-order valence-electron chi connectivity index (χ2n) is 5.17. The van der Waals surface area contributed by atoms with Gasteiger partial charge >= 0.3 is 0 Å². The molecule has 0 amide bonds. The largest absolute Gasteiger partial charge is 0.399 e. The van der Waals surface area contributed by atoms with Gasteiger partial charge in [-0.2, -0.15) is 0 Å². The Morgan fingerprint density at radius 2 is 2.11 bits per heavy atom. The predicted octanol–water partition coefficient (Wildman–Crippen LogP) is 3.22. The van der Waals surface area contributed by atoms with Crippen molar-refractivity contribution in [2.75, 3.05) is 23.7 Å². The minimum Gasteiger partial charge on any atom is -0.399 e. The minimum absolute atomic E-state index is 0.877. The second-order valence-corrected chi connectivity index (χ2v) is 6.26. The van der Waals surface area contributed by atoms with Gasteiger partial charge in [-0.25, -0.2) is 4.98 Å². The standard InChI is InChI=1S/C15H19N3S/c1-11-4-5-12(9-14(11)16)8-13-10-17-15(19-13)18-6-2-3-7-18/h4-5,9-10H,2-3,6-8,16H2,1H3. The predicted molar refractivity (Wildman–Crippen MR) is 82.0 cm³/mol. The topological polar surface area (TPSA) is 42.2 Å². The van der Waals surface area contributed by atoms with Crippen molar-refractivity contribution in [2.45, 2.75) is 26.2 Å². The lowest BCUT2D eigenvalue weighted by molar-refractivity contribution is 0.949. The number of aryl methyl sites for hydroxylation is 1. The first-order chi connectivity index (χ1) is 9.22. The molecule has 0 aliphatic carbocycles. The molecule has 0 radical (unpaired) electrons. The zero-order valence-corrected chi connectivity index (χ0v) is 12.0. The quantitative estimate of drug-likeness (QED) is 0.873. The number of nitrogens with zero attached hydrogens (tertiary/aromatic N) is 2. The molecule has 100 valence electrons. The zero-order chi connectivity index (χ0) is 13.2. The van der Waals surface area contributed by atoms with Crippen molar-refractivity contribution >= 4 is 22.2 Å². The SMILES string of the molecule is Cc1ccc(Cc2cnc(N3CCCC3)s2)cc1N. The smallest absolute Gasteiger partial charge is 0.185 e. The van der Waals surface area contributed by atoms with Crippen molar-refractivity contribution in [2.24, 2.45) is 0 Å². The van der Waals surface area contributed by atoms with Crippen LogP contribution in [0.2, 0.25) is 0 Å². The van der Waals surface area contributed by atoms with Gasteiger partial charge < -0.3 is 10.6 Å². The Kier molecular flexibility index (Phi) is 3.42. The van der Waals surface area contributed by atoms with Gasteiger partial charge in [0.15, 0.2) is 5.13 Å². The Bertz CT molecular complexity index is 571. The monoisotopic (exact) mass is 273 g/mol. The number of aromatic nitrogens is 1. The summed E-state index contributed by atoms with van der Waals surface area (Å²) in [6, 6.07) is 6.32. The summed E-state index contributed by atoms with van der Waals surface area (Å²) in [5.74, 6) is 0. The van der Waals surface area contributed by atoms with Crippen molar-refractivity contribution in [1.29, 1.82) is 0 Å². The van der Waals surface area contributed by atoms with E-state index in [9.17, 15) is 0 Å². The van der Waals surface area contributed by atoms with Crippen molar-refractivity contribution in [3.8, 4) is 0 Å². The third-order valence-electron chi connectivity index (χ3n) is 3.64. The van der Waals surface area contributed by atoms with E-state index in [0.29, 0.717) is 0 Å². The molecular weight excluding hydrogens is 254 g/mol. The highest BCUT2D eigenvalue weighted by Crippen LogP contribution is 2.27. The highest BCUT2D eigenvalue weighted by molar-refractivity contribution is 7.15. The molecule has 0 spiro atoms.